The normalized spacial score (nSPS) is 10.7. The number of pyridine rings is 1. The number of nitrogens with zero attached hydrogens (tertiary/aromatic N) is 1. The van der Waals surface area contributed by atoms with Gasteiger partial charge in [0.2, 0.25) is 5.78 Å². The first kappa shape index (κ1) is 12.4. The van der Waals surface area contributed by atoms with Crippen LogP contribution in [0.25, 0.3) is 11.0 Å². The topological polar surface area (TPSA) is 52.3 Å². The van der Waals surface area contributed by atoms with Crippen LogP contribution < -0.4 is 4.74 Å². The molecule has 0 amide bonds. The SMILES string of the molecule is COc1ccc2oc(C(=O)c3ccccn3)c(C)c2c1. The van der Waals surface area contributed by atoms with Crippen molar-refractivity contribution in [2.75, 3.05) is 7.11 Å². The number of carbonyl (C=O) groups excluding carboxylic acids is 1. The van der Waals surface area contributed by atoms with E-state index in [9.17, 15) is 4.79 Å². The van der Waals surface area contributed by atoms with E-state index in [4.69, 9.17) is 9.15 Å². The smallest absolute Gasteiger partial charge is 0.246 e. The Kier molecular flexibility index (Phi) is 2.99. The highest BCUT2D eigenvalue weighted by molar-refractivity contribution is 6.09. The van der Waals surface area contributed by atoms with Gasteiger partial charge in [0.15, 0.2) is 5.76 Å². The molecule has 0 radical (unpaired) electrons. The standard InChI is InChI=1S/C16H13NO3/c1-10-12-9-11(19-2)6-7-14(12)20-16(10)15(18)13-5-3-4-8-17-13/h3-9H,1-2H3. The van der Waals surface area contributed by atoms with Gasteiger partial charge in [0.05, 0.1) is 7.11 Å². The first-order chi connectivity index (χ1) is 9.70. The van der Waals surface area contributed by atoms with Crippen molar-refractivity contribution < 1.29 is 13.9 Å². The van der Waals surface area contributed by atoms with Crippen LogP contribution in [0, 0.1) is 6.92 Å². The Balaban J connectivity index is 2.13. The Labute approximate surface area is 116 Å². The third-order valence-corrected chi connectivity index (χ3v) is 3.25. The van der Waals surface area contributed by atoms with E-state index in [1.54, 1.807) is 43.6 Å². The fraction of sp³-hybridized carbons (Fsp3) is 0.125. The number of ketones is 1. The molecule has 0 aliphatic rings. The van der Waals surface area contributed by atoms with Crippen LogP contribution in [0.2, 0.25) is 0 Å². The minimum atomic E-state index is -0.210. The van der Waals surface area contributed by atoms with Crippen molar-refractivity contribution in [3.8, 4) is 5.75 Å². The minimum Gasteiger partial charge on any atom is -0.497 e. The molecular weight excluding hydrogens is 254 g/mol. The van der Waals surface area contributed by atoms with E-state index >= 15 is 0 Å². The lowest BCUT2D eigenvalue weighted by molar-refractivity contribution is 0.101. The molecular formula is C16H13NO3. The lowest BCUT2D eigenvalue weighted by atomic mass is 10.1. The van der Waals surface area contributed by atoms with Crippen LogP contribution in [0.4, 0.5) is 0 Å². The van der Waals surface area contributed by atoms with Crippen LogP contribution in [0.1, 0.15) is 21.8 Å². The number of hydrogen-bond donors (Lipinski definition) is 0. The van der Waals surface area contributed by atoms with Gasteiger partial charge >= 0.3 is 0 Å². The Bertz CT molecular complexity index is 775. The van der Waals surface area contributed by atoms with E-state index in [0.29, 0.717) is 17.0 Å². The summed E-state index contributed by atoms with van der Waals surface area (Å²) in [5.41, 5.74) is 1.85. The van der Waals surface area contributed by atoms with Crippen LogP contribution >= 0.6 is 0 Å². The monoisotopic (exact) mass is 267 g/mol. The van der Waals surface area contributed by atoms with Crippen molar-refractivity contribution in [3.63, 3.8) is 0 Å². The summed E-state index contributed by atoms with van der Waals surface area (Å²) in [6.07, 6.45) is 1.59. The number of rotatable bonds is 3. The molecule has 0 atom stereocenters. The van der Waals surface area contributed by atoms with Gasteiger partial charge in [0.1, 0.15) is 17.0 Å². The van der Waals surface area contributed by atoms with E-state index in [0.717, 1.165) is 16.7 Å². The molecule has 0 aliphatic carbocycles. The maximum atomic E-state index is 12.4. The van der Waals surface area contributed by atoms with E-state index in [1.807, 2.05) is 13.0 Å². The van der Waals surface area contributed by atoms with Crippen LogP contribution in [-0.2, 0) is 0 Å². The summed E-state index contributed by atoms with van der Waals surface area (Å²) in [5.74, 6) is 0.850. The van der Waals surface area contributed by atoms with Crippen LogP contribution in [0.3, 0.4) is 0 Å². The number of aryl methyl sites for hydroxylation is 1. The fourth-order valence-electron chi connectivity index (χ4n) is 2.16. The maximum absolute atomic E-state index is 12.4. The molecule has 2 heterocycles. The molecule has 0 spiro atoms. The second-order valence-electron chi connectivity index (χ2n) is 4.46. The lowest BCUT2D eigenvalue weighted by Crippen LogP contribution is -2.03. The Morgan fingerprint density at radius 3 is 2.80 bits per heavy atom. The average Bonchev–Trinajstić information content (AvgIpc) is 2.84. The summed E-state index contributed by atoms with van der Waals surface area (Å²) in [6, 6.07) is 10.7. The number of aromatic nitrogens is 1. The van der Waals surface area contributed by atoms with Gasteiger partial charge in [0.25, 0.3) is 0 Å². The van der Waals surface area contributed by atoms with Gasteiger partial charge < -0.3 is 9.15 Å². The highest BCUT2D eigenvalue weighted by Crippen LogP contribution is 2.29. The predicted octanol–water partition coefficient (Wildman–Crippen LogP) is 3.38. The van der Waals surface area contributed by atoms with Crippen molar-refractivity contribution in [2.45, 2.75) is 6.92 Å². The van der Waals surface area contributed by atoms with E-state index in [-0.39, 0.29) is 5.78 Å². The molecule has 0 fully saturated rings. The predicted molar refractivity (Wildman–Crippen MR) is 75.2 cm³/mol. The van der Waals surface area contributed by atoms with Gasteiger partial charge in [-0.2, -0.15) is 0 Å². The minimum absolute atomic E-state index is 0.210. The molecule has 1 aromatic carbocycles. The molecule has 20 heavy (non-hydrogen) atoms. The number of fused-ring (bicyclic) bond motifs is 1. The van der Waals surface area contributed by atoms with Crippen molar-refractivity contribution >= 4 is 16.8 Å². The van der Waals surface area contributed by atoms with Crippen LogP contribution in [-0.4, -0.2) is 17.9 Å². The van der Waals surface area contributed by atoms with E-state index in [2.05, 4.69) is 4.98 Å². The van der Waals surface area contributed by atoms with Crippen molar-refractivity contribution in [3.05, 3.63) is 59.6 Å². The largest absolute Gasteiger partial charge is 0.497 e. The third-order valence-electron chi connectivity index (χ3n) is 3.25. The van der Waals surface area contributed by atoms with Gasteiger partial charge in [-0.25, -0.2) is 0 Å². The number of benzene rings is 1. The summed E-state index contributed by atoms with van der Waals surface area (Å²) in [6.45, 7) is 1.86. The van der Waals surface area contributed by atoms with Crippen molar-refractivity contribution in [2.24, 2.45) is 0 Å². The van der Waals surface area contributed by atoms with E-state index in [1.165, 1.54) is 0 Å². The van der Waals surface area contributed by atoms with Gasteiger partial charge in [-0.1, -0.05) is 6.07 Å². The maximum Gasteiger partial charge on any atom is 0.246 e. The quantitative estimate of drug-likeness (QED) is 0.683. The second kappa shape index (κ2) is 4.81. The number of methoxy groups -OCH3 is 1. The average molecular weight is 267 g/mol. The van der Waals surface area contributed by atoms with Gasteiger partial charge in [0, 0.05) is 17.1 Å². The first-order valence-corrected chi connectivity index (χ1v) is 6.23. The molecule has 0 saturated heterocycles. The zero-order valence-electron chi connectivity index (χ0n) is 11.2. The molecule has 4 nitrogen and oxygen atoms in total. The van der Waals surface area contributed by atoms with Crippen LogP contribution in [0.15, 0.2) is 47.0 Å². The molecule has 4 heteroatoms. The second-order valence-corrected chi connectivity index (χ2v) is 4.46. The van der Waals surface area contributed by atoms with Gasteiger partial charge in [-0.05, 0) is 37.3 Å². The Morgan fingerprint density at radius 2 is 2.10 bits per heavy atom. The van der Waals surface area contributed by atoms with Gasteiger partial charge in [-0.15, -0.1) is 0 Å². The fourth-order valence-corrected chi connectivity index (χ4v) is 2.16. The summed E-state index contributed by atoms with van der Waals surface area (Å²) < 4.78 is 10.9. The van der Waals surface area contributed by atoms with Crippen LogP contribution in [0.5, 0.6) is 5.75 Å². The number of carbonyl (C=O) groups is 1. The third kappa shape index (κ3) is 1.95. The van der Waals surface area contributed by atoms with Crippen molar-refractivity contribution in [1.82, 2.24) is 4.98 Å². The van der Waals surface area contributed by atoms with E-state index < -0.39 is 0 Å². The lowest BCUT2D eigenvalue weighted by Gasteiger charge is -1.98. The molecule has 2 aromatic heterocycles. The summed E-state index contributed by atoms with van der Waals surface area (Å²) in [7, 11) is 1.61. The molecule has 0 saturated carbocycles. The van der Waals surface area contributed by atoms with Crippen molar-refractivity contribution in [1.29, 1.82) is 0 Å². The number of ether oxygens (including phenoxy) is 1. The molecule has 0 N–H and O–H groups in total. The number of hydrogen-bond acceptors (Lipinski definition) is 4. The zero-order valence-corrected chi connectivity index (χ0v) is 11.2. The summed E-state index contributed by atoms with van der Waals surface area (Å²) in [4.78, 5) is 16.5. The summed E-state index contributed by atoms with van der Waals surface area (Å²) >= 11 is 0. The van der Waals surface area contributed by atoms with Gasteiger partial charge in [-0.3, -0.25) is 9.78 Å². The zero-order chi connectivity index (χ0) is 14.1. The highest BCUT2D eigenvalue weighted by Gasteiger charge is 2.20. The molecule has 3 aromatic rings. The first-order valence-electron chi connectivity index (χ1n) is 6.23. The molecule has 0 aliphatic heterocycles. The summed E-state index contributed by atoms with van der Waals surface area (Å²) in [5, 5.41) is 0.878. The molecule has 3 rings (SSSR count). The highest BCUT2D eigenvalue weighted by atomic mass is 16.5. The Hall–Kier alpha value is -2.62. The molecule has 100 valence electrons. The molecule has 0 unspecified atom stereocenters. The Morgan fingerprint density at radius 1 is 1.25 bits per heavy atom. The molecule has 0 bridgehead atoms. The number of furan rings is 1.